The van der Waals surface area contributed by atoms with Crippen LogP contribution < -0.4 is 11.2 Å². The van der Waals surface area contributed by atoms with E-state index in [-0.39, 0.29) is 12.2 Å². The van der Waals surface area contributed by atoms with E-state index in [1.165, 1.54) is 12.1 Å². The number of fused-ring (bicyclic) bond motifs is 1. The van der Waals surface area contributed by atoms with Crippen molar-refractivity contribution < 1.29 is 24.0 Å². The maximum absolute atomic E-state index is 13.9. The summed E-state index contributed by atoms with van der Waals surface area (Å²) in [4.78, 5) is 10.6. The van der Waals surface area contributed by atoms with Crippen LogP contribution >= 0.6 is 0 Å². The number of rotatable bonds is 3. The summed E-state index contributed by atoms with van der Waals surface area (Å²) in [5.41, 5.74) is 6.34. The molecule has 5 nitrogen and oxygen atoms in total. The van der Waals surface area contributed by atoms with E-state index in [0.29, 0.717) is 11.0 Å². The Kier molecular flexibility index (Phi) is 5.47. The van der Waals surface area contributed by atoms with Crippen molar-refractivity contribution in [1.82, 2.24) is 0 Å². The molecule has 4 N–H and O–H groups in total. The smallest absolute Gasteiger partial charge is 0.480 e. The Morgan fingerprint density at radius 3 is 2.74 bits per heavy atom. The van der Waals surface area contributed by atoms with Crippen LogP contribution in [0.25, 0.3) is 0 Å². The summed E-state index contributed by atoms with van der Waals surface area (Å²) in [7, 11) is -1.08. The minimum Gasteiger partial charge on any atom is -0.480 e. The number of nitrogens with two attached hydrogens (primary N) is 1. The van der Waals surface area contributed by atoms with E-state index in [9.17, 15) is 14.2 Å². The predicted molar refractivity (Wildman–Crippen MR) is 69.6 cm³/mol. The lowest BCUT2D eigenvalue weighted by Crippen LogP contribution is -2.36. The van der Waals surface area contributed by atoms with Crippen molar-refractivity contribution in [3.05, 3.63) is 29.3 Å². The first kappa shape index (κ1) is 15.6. The Balaban J connectivity index is 0.000000861. The van der Waals surface area contributed by atoms with Crippen LogP contribution in [0.3, 0.4) is 0 Å². The van der Waals surface area contributed by atoms with Crippen LogP contribution in [0.5, 0.6) is 0 Å². The molecule has 1 aromatic carbocycles. The van der Waals surface area contributed by atoms with Crippen molar-refractivity contribution in [2.45, 2.75) is 32.7 Å². The molecule has 0 aromatic heterocycles. The van der Waals surface area contributed by atoms with E-state index in [1.54, 1.807) is 6.07 Å². The molecule has 2 rings (SSSR count). The topological polar surface area (TPSA) is 92.8 Å². The number of halogens is 1. The fourth-order valence-corrected chi connectivity index (χ4v) is 1.85. The highest BCUT2D eigenvalue weighted by Gasteiger charge is 2.34. The summed E-state index contributed by atoms with van der Waals surface area (Å²) in [5, 5.41) is 18.1. The van der Waals surface area contributed by atoms with Gasteiger partial charge in [0.1, 0.15) is 6.04 Å². The Labute approximate surface area is 111 Å². The highest BCUT2D eigenvalue weighted by atomic mass is 19.1. The van der Waals surface area contributed by atoms with Gasteiger partial charge >= 0.3 is 13.1 Å². The molecular weight excluding hydrogens is 252 g/mol. The summed E-state index contributed by atoms with van der Waals surface area (Å²) in [6.45, 7) is 4.05. The lowest BCUT2D eigenvalue weighted by molar-refractivity contribution is -0.140. The van der Waals surface area contributed by atoms with Crippen LogP contribution in [0, 0.1) is 0 Å². The summed E-state index contributed by atoms with van der Waals surface area (Å²) >= 11 is 0. The Morgan fingerprint density at radius 2 is 2.16 bits per heavy atom. The van der Waals surface area contributed by atoms with Gasteiger partial charge in [0.05, 0.1) is 6.61 Å². The zero-order valence-electron chi connectivity index (χ0n) is 10.8. The van der Waals surface area contributed by atoms with Gasteiger partial charge in [-0.05, 0) is 16.6 Å². The molecule has 0 fully saturated rings. The molecule has 0 saturated heterocycles. The number of aliphatic carboxylic acids is 1. The number of carboxylic acid groups (broad SMARTS) is 1. The van der Waals surface area contributed by atoms with Gasteiger partial charge in [0.25, 0.3) is 0 Å². The average Bonchev–Trinajstić information content (AvgIpc) is 2.81. The number of carbonyl (C=O) groups is 1. The minimum atomic E-state index is -1.82. The number of carboxylic acids is 1. The molecule has 104 valence electrons. The van der Waals surface area contributed by atoms with Crippen molar-refractivity contribution in [2.75, 3.05) is 0 Å². The molecule has 1 heterocycles. The molecule has 0 spiro atoms. The number of hydrogen-bond donors (Lipinski definition) is 3. The molecule has 7 heteroatoms. The van der Waals surface area contributed by atoms with Gasteiger partial charge in [-0.15, -0.1) is 0 Å². The molecule has 0 amide bonds. The van der Waals surface area contributed by atoms with Gasteiger partial charge in [-0.2, -0.15) is 0 Å². The Bertz CT molecular complexity index is 457. The quantitative estimate of drug-likeness (QED) is 0.688. The third-order valence-corrected chi connectivity index (χ3v) is 2.80. The summed E-state index contributed by atoms with van der Waals surface area (Å²) < 4.78 is 18.9. The van der Waals surface area contributed by atoms with Crippen molar-refractivity contribution in [3.8, 4) is 0 Å². The summed E-state index contributed by atoms with van der Waals surface area (Å²) in [6, 6.07) is 2.97. The molecule has 2 unspecified atom stereocenters. The first-order chi connectivity index (χ1) is 9.02. The molecular formula is C12H17BFNO4. The zero-order valence-corrected chi connectivity index (χ0v) is 10.8. The van der Waals surface area contributed by atoms with Crippen molar-refractivity contribution in [1.29, 1.82) is 0 Å². The van der Waals surface area contributed by atoms with Crippen LogP contribution in [0.15, 0.2) is 18.2 Å². The molecule has 1 aromatic rings. The number of benzene rings is 1. The van der Waals surface area contributed by atoms with Crippen LogP contribution in [0.2, 0.25) is 0 Å². The number of alkyl halides is 1. The molecule has 1 aliphatic rings. The van der Waals surface area contributed by atoms with E-state index in [4.69, 9.17) is 15.5 Å². The summed E-state index contributed by atoms with van der Waals surface area (Å²) in [6.07, 6.45) is -1.82. The highest BCUT2D eigenvalue weighted by molar-refractivity contribution is 6.61. The van der Waals surface area contributed by atoms with E-state index >= 15 is 0 Å². The highest BCUT2D eigenvalue weighted by Crippen LogP contribution is 2.26. The molecule has 0 radical (unpaired) electrons. The summed E-state index contributed by atoms with van der Waals surface area (Å²) in [5.74, 6) is -1.41. The van der Waals surface area contributed by atoms with Gasteiger partial charge in [0, 0.05) is 0 Å². The molecule has 2 atom stereocenters. The third-order valence-electron chi connectivity index (χ3n) is 2.80. The van der Waals surface area contributed by atoms with Gasteiger partial charge < -0.3 is 20.5 Å². The van der Waals surface area contributed by atoms with Crippen LogP contribution in [0.1, 0.15) is 31.1 Å². The van der Waals surface area contributed by atoms with Crippen molar-refractivity contribution in [2.24, 2.45) is 5.73 Å². The van der Waals surface area contributed by atoms with E-state index < -0.39 is 25.3 Å². The van der Waals surface area contributed by atoms with Crippen LogP contribution in [-0.2, 0) is 16.1 Å². The lowest BCUT2D eigenvalue weighted by atomic mass is 9.77. The fourth-order valence-electron chi connectivity index (χ4n) is 1.85. The molecule has 0 aliphatic carbocycles. The minimum absolute atomic E-state index is 0.0550. The molecule has 0 bridgehead atoms. The van der Waals surface area contributed by atoms with Gasteiger partial charge in [-0.3, -0.25) is 4.79 Å². The van der Waals surface area contributed by atoms with Gasteiger partial charge in [-0.1, -0.05) is 32.0 Å². The second kappa shape index (κ2) is 6.65. The standard InChI is InChI=1S/C10H11BFNO4.C2H6/c12-8(9(13)10(14)15)5-2-1-3-7-6(5)4-17-11(7)16;1-2/h1-3,8-9,16H,4,13H2,(H,14,15);1-2H3. The van der Waals surface area contributed by atoms with Crippen LogP contribution in [0.4, 0.5) is 4.39 Å². The van der Waals surface area contributed by atoms with E-state index in [2.05, 4.69) is 0 Å². The molecule has 1 aliphatic heterocycles. The second-order valence-electron chi connectivity index (χ2n) is 3.84. The maximum atomic E-state index is 13.9. The van der Waals surface area contributed by atoms with Gasteiger partial charge in [0.2, 0.25) is 0 Å². The predicted octanol–water partition coefficient (Wildman–Crippen LogP) is 0.353. The normalized spacial score (nSPS) is 16.2. The molecule has 19 heavy (non-hydrogen) atoms. The SMILES string of the molecule is CC.NC(C(=O)O)C(F)c1cccc2c1COB2O. The first-order valence-electron chi connectivity index (χ1n) is 6.06. The third kappa shape index (κ3) is 3.12. The lowest BCUT2D eigenvalue weighted by Gasteiger charge is -2.15. The Morgan fingerprint density at radius 1 is 1.53 bits per heavy atom. The van der Waals surface area contributed by atoms with Crippen molar-refractivity contribution in [3.63, 3.8) is 0 Å². The largest absolute Gasteiger partial charge is 0.491 e. The zero-order chi connectivity index (χ0) is 14.6. The molecule has 0 saturated carbocycles. The van der Waals surface area contributed by atoms with Gasteiger partial charge in [0.15, 0.2) is 6.17 Å². The second-order valence-corrected chi connectivity index (χ2v) is 3.84. The number of hydrogen-bond acceptors (Lipinski definition) is 4. The van der Waals surface area contributed by atoms with Gasteiger partial charge in [-0.25, -0.2) is 4.39 Å². The van der Waals surface area contributed by atoms with Crippen LogP contribution in [-0.4, -0.2) is 29.3 Å². The van der Waals surface area contributed by atoms with Crippen molar-refractivity contribution >= 4 is 18.6 Å². The average molecular weight is 269 g/mol. The maximum Gasteiger partial charge on any atom is 0.491 e. The fraction of sp³-hybridized carbons (Fsp3) is 0.417. The van der Waals surface area contributed by atoms with E-state index in [1.807, 2.05) is 13.8 Å². The monoisotopic (exact) mass is 269 g/mol. The first-order valence-corrected chi connectivity index (χ1v) is 6.06. The van der Waals surface area contributed by atoms with E-state index in [0.717, 1.165) is 0 Å². The Hall–Kier alpha value is -1.44.